The number of carboxylic acid groups (broad SMARTS) is 1. The number of nitrogens with one attached hydrogen (secondary N) is 2. The van der Waals surface area contributed by atoms with E-state index in [9.17, 15) is 9.59 Å². The molecule has 0 radical (unpaired) electrons. The largest absolute Gasteiger partial charge is 0.480 e. The third-order valence-corrected chi connectivity index (χ3v) is 2.86. The standard InChI is InChI=1S/C11H17N3O3S/c1-7(2)3-9(10(15)16)14-11(17)12-4-8-5-18-6-13-8/h5-7,9H,3-4H2,1-2H3,(H,15,16)(H2,12,14,17)/t9-/m1/s1. The quantitative estimate of drug-likeness (QED) is 0.730. The van der Waals surface area contributed by atoms with Crippen LogP contribution in [0.25, 0.3) is 0 Å². The maximum Gasteiger partial charge on any atom is 0.326 e. The highest BCUT2D eigenvalue weighted by molar-refractivity contribution is 7.07. The van der Waals surface area contributed by atoms with E-state index in [0.29, 0.717) is 13.0 Å². The lowest BCUT2D eigenvalue weighted by Gasteiger charge is -2.16. The van der Waals surface area contributed by atoms with E-state index in [1.165, 1.54) is 11.3 Å². The van der Waals surface area contributed by atoms with Gasteiger partial charge in [0.25, 0.3) is 0 Å². The number of aromatic nitrogens is 1. The predicted molar refractivity (Wildman–Crippen MR) is 68.4 cm³/mol. The number of thiazole rings is 1. The zero-order valence-electron chi connectivity index (χ0n) is 10.3. The number of carbonyl (C=O) groups is 2. The molecule has 1 heterocycles. The average Bonchev–Trinajstić information content (AvgIpc) is 2.77. The van der Waals surface area contributed by atoms with Crippen LogP contribution >= 0.6 is 11.3 Å². The van der Waals surface area contributed by atoms with Gasteiger partial charge in [0, 0.05) is 5.38 Å². The Bertz CT molecular complexity index is 392. The van der Waals surface area contributed by atoms with Crippen molar-refractivity contribution in [3.63, 3.8) is 0 Å². The van der Waals surface area contributed by atoms with Gasteiger partial charge in [0.15, 0.2) is 0 Å². The van der Waals surface area contributed by atoms with Crippen LogP contribution in [0.1, 0.15) is 26.0 Å². The highest BCUT2D eigenvalue weighted by atomic mass is 32.1. The van der Waals surface area contributed by atoms with Crippen molar-refractivity contribution >= 4 is 23.3 Å². The Hall–Kier alpha value is -1.63. The Morgan fingerprint density at radius 3 is 2.72 bits per heavy atom. The Balaban J connectivity index is 2.39. The highest BCUT2D eigenvalue weighted by Crippen LogP contribution is 2.05. The van der Waals surface area contributed by atoms with Crippen molar-refractivity contribution in [3.8, 4) is 0 Å². The second kappa shape index (κ2) is 6.95. The van der Waals surface area contributed by atoms with Gasteiger partial charge >= 0.3 is 12.0 Å². The third-order valence-electron chi connectivity index (χ3n) is 2.22. The lowest BCUT2D eigenvalue weighted by molar-refractivity contribution is -0.139. The second-order valence-corrected chi connectivity index (χ2v) is 5.05. The summed E-state index contributed by atoms with van der Waals surface area (Å²) < 4.78 is 0. The number of rotatable bonds is 6. The SMILES string of the molecule is CC(C)C[C@@H](NC(=O)NCc1cscn1)C(=O)O. The van der Waals surface area contributed by atoms with Crippen LogP contribution in [-0.2, 0) is 11.3 Å². The molecule has 2 amide bonds. The van der Waals surface area contributed by atoms with E-state index < -0.39 is 18.0 Å². The van der Waals surface area contributed by atoms with E-state index in [4.69, 9.17) is 5.11 Å². The van der Waals surface area contributed by atoms with Gasteiger partial charge in [-0.3, -0.25) is 0 Å². The van der Waals surface area contributed by atoms with Crippen LogP contribution in [0, 0.1) is 5.92 Å². The van der Waals surface area contributed by atoms with Crippen LogP contribution in [0.2, 0.25) is 0 Å². The molecule has 7 heteroatoms. The van der Waals surface area contributed by atoms with E-state index in [0.717, 1.165) is 5.69 Å². The fraction of sp³-hybridized carbons (Fsp3) is 0.545. The van der Waals surface area contributed by atoms with Crippen LogP contribution < -0.4 is 10.6 Å². The number of hydrogen-bond donors (Lipinski definition) is 3. The molecular formula is C11H17N3O3S. The molecule has 6 nitrogen and oxygen atoms in total. The first-order valence-corrected chi connectivity index (χ1v) is 6.57. The molecule has 0 unspecified atom stereocenters. The maximum atomic E-state index is 11.5. The van der Waals surface area contributed by atoms with Gasteiger partial charge in [-0.05, 0) is 12.3 Å². The Morgan fingerprint density at radius 1 is 1.50 bits per heavy atom. The zero-order valence-corrected chi connectivity index (χ0v) is 11.2. The van der Waals surface area contributed by atoms with Crippen molar-refractivity contribution in [2.45, 2.75) is 32.9 Å². The zero-order chi connectivity index (χ0) is 13.5. The van der Waals surface area contributed by atoms with Gasteiger partial charge in [0.2, 0.25) is 0 Å². The first kappa shape index (κ1) is 14.4. The Morgan fingerprint density at radius 2 is 2.22 bits per heavy atom. The summed E-state index contributed by atoms with van der Waals surface area (Å²) in [5.74, 6) is -0.822. The van der Waals surface area contributed by atoms with Crippen LogP contribution in [0.3, 0.4) is 0 Å². The lowest BCUT2D eigenvalue weighted by atomic mass is 10.0. The molecule has 0 aliphatic heterocycles. The van der Waals surface area contributed by atoms with Gasteiger partial charge in [-0.25, -0.2) is 14.6 Å². The third kappa shape index (κ3) is 5.13. The molecule has 0 bridgehead atoms. The summed E-state index contributed by atoms with van der Waals surface area (Å²) in [4.78, 5) is 26.5. The monoisotopic (exact) mass is 271 g/mol. The number of hydrogen-bond acceptors (Lipinski definition) is 4. The summed E-state index contributed by atoms with van der Waals surface area (Å²) in [5, 5.41) is 15.8. The molecule has 3 N–H and O–H groups in total. The molecule has 0 aliphatic rings. The van der Waals surface area contributed by atoms with Crippen LogP contribution in [0.5, 0.6) is 0 Å². The average molecular weight is 271 g/mol. The number of aliphatic carboxylic acids is 1. The molecule has 0 saturated heterocycles. The first-order valence-electron chi connectivity index (χ1n) is 5.63. The van der Waals surface area contributed by atoms with Crippen molar-refractivity contribution in [3.05, 3.63) is 16.6 Å². The number of urea groups is 1. The second-order valence-electron chi connectivity index (χ2n) is 4.33. The van der Waals surface area contributed by atoms with Crippen molar-refractivity contribution in [1.82, 2.24) is 15.6 Å². The minimum atomic E-state index is -1.02. The number of nitrogens with zero attached hydrogens (tertiary/aromatic N) is 1. The minimum absolute atomic E-state index is 0.199. The molecule has 0 saturated carbocycles. The summed E-state index contributed by atoms with van der Waals surface area (Å²) >= 11 is 1.44. The Kier molecular flexibility index (Phi) is 5.57. The molecule has 1 rings (SSSR count). The summed E-state index contributed by atoms with van der Waals surface area (Å²) in [6.07, 6.45) is 0.402. The van der Waals surface area contributed by atoms with Gasteiger partial charge < -0.3 is 15.7 Å². The van der Waals surface area contributed by atoms with Gasteiger partial charge in [-0.1, -0.05) is 13.8 Å². The van der Waals surface area contributed by atoms with E-state index in [2.05, 4.69) is 15.6 Å². The van der Waals surface area contributed by atoms with Crippen molar-refractivity contribution < 1.29 is 14.7 Å². The van der Waals surface area contributed by atoms with Gasteiger partial charge in [-0.15, -0.1) is 11.3 Å². The van der Waals surface area contributed by atoms with E-state index >= 15 is 0 Å². The fourth-order valence-electron chi connectivity index (χ4n) is 1.40. The van der Waals surface area contributed by atoms with Gasteiger partial charge in [0.05, 0.1) is 17.7 Å². The van der Waals surface area contributed by atoms with Crippen LogP contribution in [-0.4, -0.2) is 28.1 Å². The number of carbonyl (C=O) groups excluding carboxylic acids is 1. The topological polar surface area (TPSA) is 91.3 Å². The molecule has 0 aliphatic carbocycles. The summed E-state index contributed by atoms with van der Waals surface area (Å²) in [6.45, 7) is 4.11. The molecule has 0 fully saturated rings. The van der Waals surface area contributed by atoms with E-state index in [-0.39, 0.29) is 5.92 Å². The molecule has 100 valence electrons. The fourth-order valence-corrected chi connectivity index (χ4v) is 1.96. The molecule has 1 aromatic rings. The number of carboxylic acids is 1. The predicted octanol–water partition coefficient (Wildman–Crippen LogP) is 1.44. The number of amides is 2. The molecular weight excluding hydrogens is 254 g/mol. The molecule has 0 aromatic carbocycles. The molecule has 0 spiro atoms. The normalized spacial score (nSPS) is 12.2. The first-order chi connectivity index (χ1) is 8.49. The smallest absolute Gasteiger partial charge is 0.326 e. The van der Waals surface area contributed by atoms with Crippen LogP contribution in [0.4, 0.5) is 4.79 Å². The van der Waals surface area contributed by atoms with Crippen LogP contribution in [0.15, 0.2) is 10.9 Å². The maximum absolute atomic E-state index is 11.5. The van der Waals surface area contributed by atoms with E-state index in [1.807, 2.05) is 19.2 Å². The minimum Gasteiger partial charge on any atom is -0.480 e. The summed E-state index contributed by atoms with van der Waals surface area (Å²) in [6, 6.07) is -1.35. The van der Waals surface area contributed by atoms with Crippen molar-refractivity contribution in [2.75, 3.05) is 0 Å². The van der Waals surface area contributed by atoms with Gasteiger partial charge in [0.1, 0.15) is 6.04 Å². The van der Waals surface area contributed by atoms with Crippen molar-refractivity contribution in [2.24, 2.45) is 5.92 Å². The Labute approximate surface area is 109 Å². The lowest BCUT2D eigenvalue weighted by Crippen LogP contribution is -2.46. The highest BCUT2D eigenvalue weighted by Gasteiger charge is 2.20. The summed E-state index contributed by atoms with van der Waals surface area (Å²) in [5.41, 5.74) is 2.43. The molecule has 1 aromatic heterocycles. The van der Waals surface area contributed by atoms with E-state index in [1.54, 1.807) is 5.51 Å². The molecule has 1 atom stereocenters. The summed E-state index contributed by atoms with van der Waals surface area (Å²) in [7, 11) is 0. The van der Waals surface area contributed by atoms with Crippen molar-refractivity contribution in [1.29, 1.82) is 0 Å². The van der Waals surface area contributed by atoms with Gasteiger partial charge in [-0.2, -0.15) is 0 Å². The molecule has 18 heavy (non-hydrogen) atoms.